The van der Waals surface area contributed by atoms with E-state index in [1.165, 1.54) is 53.0 Å². The van der Waals surface area contributed by atoms with Crippen LogP contribution in [0.4, 0.5) is 0 Å². The van der Waals surface area contributed by atoms with Gasteiger partial charge in [-0.3, -0.25) is 4.79 Å². The highest BCUT2D eigenvalue weighted by molar-refractivity contribution is 7.14. The van der Waals surface area contributed by atoms with Gasteiger partial charge >= 0.3 is 0 Å². The number of fused-ring (bicyclic) bond motifs is 1. The van der Waals surface area contributed by atoms with E-state index >= 15 is 0 Å². The smallest absolute Gasteiger partial charge is 0.281 e. The molecule has 2 aromatic rings. The summed E-state index contributed by atoms with van der Waals surface area (Å²) in [6.45, 7) is 0. The van der Waals surface area contributed by atoms with Crippen molar-refractivity contribution in [3.63, 3.8) is 0 Å². The number of carbonyl (C=O) groups excluding carboxylic acids is 2. The Kier molecular flexibility index (Phi) is 4.52. The summed E-state index contributed by atoms with van der Waals surface area (Å²) in [6, 6.07) is 8.03. The lowest BCUT2D eigenvalue weighted by atomic mass is 9.99. The van der Waals surface area contributed by atoms with Gasteiger partial charge in [0.25, 0.3) is 5.91 Å². The highest BCUT2D eigenvalue weighted by Gasteiger charge is 2.16. The lowest BCUT2D eigenvalue weighted by Crippen LogP contribution is -2.22. The second-order valence-corrected chi connectivity index (χ2v) is 6.51. The summed E-state index contributed by atoms with van der Waals surface area (Å²) in [4.78, 5) is 24.7. The molecule has 0 fully saturated rings. The Hall–Kier alpha value is -2.47. The van der Waals surface area contributed by atoms with Crippen molar-refractivity contribution in [1.82, 2.24) is 5.43 Å². The maximum atomic E-state index is 12.1. The molecule has 0 bridgehead atoms. The molecule has 0 radical (unpaired) electrons. The van der Waals surface area contributed by atoms with Crippen LogP contribution < -0.4 is 10.5 Å². The molecule has 0 atom stereocenters. The van der Waals surface area contributed by atoms with Gasteiger partial charge in [-0.2, -0.15) is 5.10 Å². The first-order valence-corrected chi connectivity index (χ1v) is 8.21. The van der Waals surface area contributed by atoms with Crippen LogP contribution in [-0.2, 0) is 12.8 Å². The van der Waals surface area contributed by atoms with Gasteiger partial charge in [-0.1, -0.05) is 24.3 Å². The topological polar surface area (TPSA) is 81.6 Å². The van der Waals surface area contributed by atoms with Crippen LogP contribution in [0.1, 0.15) is 48.9 Å². The van der Waals surface area contributed by atoms with Crippen molar-refractivity contribution in [3.05, 3.63) is 56.8 Å². The molecule has 5 nitrogen and oxygen atoms in total. The molecule has 0 aliphatic heterocycles. The van der Waals surface area contributed by atoms with E-state index in [0.29, 0.717) is 10.4 Å². The maximum absolute atomic E-state index is 12.1. The lowest BCUT2D eigenvalue weighted by Gasteiger charge is -2.08. The first kappa shape index (κ1) is 15.4. The van der Waals surface area contributed by atoms with E-state index < -0.39 is 5.97 Å². The number of nitrogens with one attached hydrogen (secondary N) is 1. The van der Waals surface area contributed by atoms with E-state index in [4.69, 9.17) is 0 Å². The molecule has 1 N–H and O–H groups in total. The number of hydrogen-bond donors (Lipinski definition) is 1. The summed E-state index contributed by atoms with van der Waals surface area (Å²) >= 11 is 1.54. The molecule has 1 aliphatic carbocycles. The number of rotatable bonds is 4. The number of carbonyl (C=O) groups is 2. The zero-order valence-corrected chi connectivity index (χ0v) is 13.2. The molecule has 1 aromatic heterocycles. The van der Waals surface area contributed by atoms with Crippen molar-refractivity contribution in [3.8, 4) is 0 Å². The number of benzene rings is 1. The number of thiophene rings is 1. The normalized spacial score (nSPS) is 13.7. The van der Waals surface area contributed by atoms with E-state index in [-0.39, 0.29) is 11.5 Å². The summed E-state index contributed by atoms with van der Waals surface area (Å²) in [7, 11) is 0. The summed E-state index contributed by atoms with van der Waals surface area (Å²) < 4.78 is 0. The van der Waals surface area contributed by atoms with Gasteiger partial charge in [0.05, 0.1) is 17.1 Å². The van der Waals surface area contributed by atoms with Gasteiger partial charge in [-0.05, 0) is 48.4 Å². The SMILES string of the molecule is O=C([O-])c1ccc(/C=N\NC(=O)c2cc3c(s2)CCCC3)cc1. The van der Waals surface area contributed by atoms with Crippen LogP contribution in [0, 0.1) is 0 Å². The van der Waals surface area contributed by atoms with Crippen LogP contribution in [0.15, 0.2) is 35.4 Å². The molecular formula is C17H15N2O3S-. The van der Waals surface area contributed by atoms with Gasteiger partial charge in [-0.25, -0.2) is 5.43 Å². The van der Waals surface area contributed by atoms with Gasteiger partial charge in [-0.15, -0.1) is 11.3 Å². The summed E-state index contributed by atoms with van der Waals surface area (Å²) in [5.74, 6) is -1.43. The Balaban J connectivity index is 1.62. The largest absolute Gasteiger partial charge is 0.545 e. The number of aryl methyl sites for hydroxylation is 2. The molecule has 1 amide bonds. The zero-order chi connectivity index (χ0) is 16.2. The van der Waals surface area contributed by atoms with Crippen LogP contribution in [0.3, 0.4) is 0 Å². The number of amides is 1. The molecule has 3 rings (SSSR count). The van der Waals surface area contributed by atoms with Gasteiger partial charge in [0.15, 0.2) is 0 Å². The fourth-order valence-corrected chi connectivity index (χ4v) is 3.67. The predicted octanol–water partition coefficient (Wildman–Crippen LogP) is 1.75. The van der Waals surface area contributed by atoms with Gasteiger partial charge in [0.2, 0.25) is 0 Å². The molecular weight excluding hydrogens is 312 g/mol. The summed E-state index contributed by atoms with van der Waals surface area (Å²) in [5, 5.41) is 14.6. The van der Waals surface area contributed by atoms with Crippen molar-refractivity contribution >= 4 is 29.4 Å². The minimum Gasteiger partial charge on any atom is -0.545 e. The minimum absolute atomic E-state index is 0.107. The molecule has 6 heteroatoms. The number of aromatic carboxylic acids is 1. The number of nitrogens with zero attached hydrogens (tertiary/aromatic N) is 1. The standard InChI is InChI=1S/C17H16N2O3S/c20-16(15-9-13-3-1-2-4-14(13)23-15)19-18-10-11-5-7-12(8-6-11)17(21)22/h5-10H,1-4H2,(H,19,20)(H,21,22)/p-1/b18-10-. The number of hydrogen-bond acceptors (Lipinski definition) is 5. The van der Waals surface area contributed by atoms with Crippen LogP contribution in [0.25, 0.3) is 0 Å². The molecule has 1 heterocycles. The van der Waals surface area contributed by atoms with E-state index in [1.54, 1.807) is 12.1 Å². The van der Waals surface area contributed by atoms with Gasteiger partial charge in [0, 0.05) is 4.88 Å². The third-order valence-corrected chi connectivity index (χ3v) is 4.98. The highest BCUT2D eigenvalue weighted by atomic mass is 32.1. The lowest BCUT2D eigenvalue weighted by molar-refractivity contribution is -0.255. The van der Waals surface area contributed by atoms with Crippen molar-refractivity contribution in [2.24, 2.45) is 5.10 Å². The Morgan fingerprint density at radius 2 is 1.91 bits per heavy atom. The summed E-state index contributed by atoms with van der Waals surface area (Å²) in [6.07, 6.45) is 5.96. The average molecular weight is 327 g/mol. The van der Waals surface area contributed by atoms with Crippen molar-refractivity contribution in [1.29, 1.82) is 0 Å². The fraction of sp³-hybridized carbons (Fsp3) is 0.235. The zero-order valence-electron chi connectivity index (χ0n) is 12.4. The van der Waals surface area contributed by atoms with Gasteiger partial charge in [0.1, 0.15) is 0 Å². The van der Waals surface area contributed by atoms with E-state index in [0.717, 1.165) is 12.8 Å². The second kappa shape index (κ2) is 6.75. The molecule has 0 unspecified atom stereocenters. The number of carboxylic acids is 1. The quantitative estimate of drug-likeness (QED) is 0.686. The monoisotopic (exact) mass is 327 g/mol. The van der Waals surface area contributed by atoms with Crippen LogP contribution in [0.2, 0.25) is 0 Å². The first-order chi connectivity index (χ1) is 11.1. The predicted molar refractivity (Wildman–Crippen MR) is 86.8 cm³/mol. The Morgan fingerprint density at radius 3 is 2.61 bits per heavy atom. The summed E-state index contributed by atoms with van der Waals surface area (Å²) in [5.41, 5.74) is 4.59. The third-order valence-electron chi connectivity index (χ3n) is 3.75. The second-order valence-electron chi connectivity index (χ2n) is 5.37. The number of hydrazone groups is 1. The molecule has 0 saturated heterocycles. The van der Waals surface area contributed by atoms with Crippen LogP contribution in [0.5, 0.6) is 0 Å². The molecule has 0 spiro atoms. The first-order valence-electron chi connectivity index (χ1n) is 7.40. The molecule has 23 heavy (non-hydrogen) atoms. The fourth-order valence-electron chi connectivity index (χ4n) is 2.53. The minimum atomic E-state index is -1.22. The Labute approximate surface area is 137 Å². The molecule has 1 aliphatic rings. The Morgan fingerprint density at radius 1 is 1.17 bits per heavy atom. The molecule has 1 aromatic carbocycles. The van der Waals surface area contributed by atoms with Crippen LogP contribution >= 0.6 is 11.3 Å². The van der Waals surface area contributed by atoms with E-state index in [1.807, 2.05) is 6.07 Å². The van der Waals surface area contributed by atoms with Gasteiger partial charge < -0.3 is 9.90 Å². The third kappa shape index (κ3) is 3.65. The average Bonchev–Trinajstić information content (AvgIpc) is 2.99. The van der Waals surface area contributed by atoms with E-state index in [9.17, 15) is 14.7 Å². The van der Waals surface area contributed by atoms with E-state index in [2.05, 4.69) is 10.5 Å². The highest BCUT2D eigenvalue weighted by Crippen LogP contribution is 2.29. The number of carboxylic acid groups (broad SMARTS) is 1. The van der Waals surface area contributed by atoms with Crippen molar-refractivity contribution in [2.75, 3.05) is 0 Å². The van der Waals surface area contributed by atoms with Crippen molar-refractivity contribution in [2.45, 2.75) is 25.7 Å². The van der Waals surface area contributed by atoms with Crippen molar-refractivity contribution < 1.29 is 14.7 Å². The maximum Gasteiger partial charge on any atom is 0.281 e. The Bertz CT molecular complexity index is 739. The molecule has 0 saturated carbocycles. The van der Waals surface area contributed by atoms with Crippen LogP contribution in [-0.4, -0.2) is 18.1 Å². The molecule has 118 valence electrons.